The van der Waals surface area contributed by atoms with E-state index in [-0.39, 0.29) is 17.0 Å². The van der Waals surface area contributed by atoms with Crippen LogP contribution in [0.1, 0.15) is 31.1 Å². The molecule has 5 nitrogen and oxygen atoms in total. The zero-order valence-corrected chi connectivity index (χ0v) is 11.2. The van der Waals surface area contributed by atoms with Gasteiger partial charge in [0.2, 0.25) is 0 Å². The Kier molecular flexibility index (Phi) is 4.32. The Morgan fingerprint density at radius 2 is 1.95 bits per heavy atom. The third-order valence-corrected chi connectivity index (χ3v) is 2.04. The van der Waals surface area contributed by atoms with Crippen LogP contribution in [0.4, 0.5) is 5.69 Å². The number of nitrogens with two attached hydrogens (primary N) is 1. The second-order valence-electron chi connectivity index (χ2n) is 4.85. The summed E-state index contributed by atoms with van der Waals surface area (Å²) in [6.07, 6.45) is 1.00. The Bertz CT molecular complexity index is 515. The maximum Gasteiger partial charge on any atom is 0.344 e. The molecule has 1 aromatic rings. The fourth-order valence-electron chi connectivity index (χ4n) is 1.33. The summed E-state index contributed by atoms with van der Waals surface area (Å²) < 4.78 is 10.2. The number of hydrogen-bond donors (Lipinski definition) is 1. The first-order valence-corrected chi connectivity index (χ1v) is 5.70. The summed E-state index contributed by atoms with van der Waals surface area (Å²) in [5, 5.41) is 0. The summed E-state index contributed by atoms with van der Waals surface area (Å²) in [5.74, 6) is -1.26. The van der Waals surface area contributed by atoms with Gasteiger partial charge in [0.15, 0.2) is 0 Å². The summed E-state index contributed by atoms with van der Waals surface area (Å²) >= 11 is 0. The Hall–Kier alpha value is -2.30. The topological polar surface area (TPSA) is 78.6 Å². The summed E-state index contributed by atoms with van der Waals surface area (Å²) in [6.45, 7) is 8.50. The third kappa shape index (κ3) is 4.13. The number of carbonyl (C=O) groups is 2. The molecule has 0 radical (unpaired) electrons. The van der Waals surface area contributed by atoms with Crippen LogP contribution in [0.3, 0.4) is 0 Å². The zero-order valence-electron chi connectivity index (χ0n) is 11.2. The number of esters is 2. The van der Waals surface area contributed by atoms with E-state index in [9.17, 15) is 9.59 Å². The molecule has 0 spiro atoms. The molecule has 0 heterocycles. The van der Waals surface area contributed by atoms with E-state index in [0.717, 1.165) is 6.08 Å². The van der Waals surface area contributed by atoms with Crippen LogP contribution in [0.2, 0.25) is 0 Å². The van der Waals surface area contributed by atoms with Gasteiger partial charge in [-0.1, -0.05) is 12.6 Å². The average Bonchev–Trinajstić information content (AvgIpc) is 2.26. The quantitative estimate of drug-likeness (QED) is 0.392. The van der Waals surface area contributed by atoms with E-state index in [0.29, 0.717) is 0 Å². The number of rotatable bonds is 3. The molecule has 0 saturated heterocycles. The molecule has 0 atom stereocenters. The van der Waals surface area contributed by atoms with E-state index in [1.807, 2.05) is 0 Å². The molecule has 2 N–H and O–H groups in total. The van der Waals surface area contributed by atoms with Crippen LogP contribution in [-0.2, 0) is 9.53 Å². The fraction of sp³-hybridized carbons (Fsp3) is 0.286. The Morgan fingerprint density at radius 1 is 1.32 bits per heavy atom. The zero-order chi connectivity index (χ0) is 14.6. The molecule has 0 aliphatic rings. The standard InChI is InChI=1S/C14H17NO4/c1-5-11(16)18-10-8-6-7-9(15)12(10)13(17)19-14(2,3)4/h5-8H,1,15H2,2-4H3. The van der Waals surface area contributed by atoms with Crippen molar-refractivity contribution in [1.82, 2.24) is 0 Å². The van der Waals surface area contributed by atoms with Crippen molar-refractivity contribution in [1.29, 1.82) is 0 Å². The molecule has 0 aliphatic heterocycles. The van der Waals surface area contributed by atoms with E-state index >= 15 is 0 Å². The highest BCUT2D eigenvalue weighted by Crippen LogP contribution is 2.27. The molecule has 1 aromatic carbocycles. The Balaban J connectivity index is 3.14. The summed E-state index contributed by atoms with van der Waals surface area (Å²) in [7, 11) is 0. The van der Waals surface area contributed by atoms with E-state index in [1.165, 1.54) is 12.1 Å². The first-order chi connectivity index (χ1) is 8.74. The minimum Gasteiger partial charge on any atom is -0.456 e. The van der Waals surface area contributed by atoms with Gasteiger partial charge < -0.3 is 15.2 Å². The van der Waals surface area contributed by atoms with Crippen LogP contribution in [0.25, 0.3) is 0 Å². The number of benzene rings is 1. The second-order valence-corrected chi connectivity index (χ2v) is 4.85. The van der Waals surface area contributed by atoms with E-state index in [1.54, 1.807) is 26.8 Å². The molecule has 0 amide bonds. The maximum absolute atomic E-state index is 12.1. The van der Waals surface area contributed by atoms with Gasteiger partial charge in [-0.05, 0) is 32.9 Å². The number of hydrogen-bond acceptors (Lipinski definition) is 5. The lowest BCUT2D eigenvalue weighted by atomic mass is 10.1. The molecule has 0 unspecified atom stereocenters. The highest BCUT2D eigenvalue weighted by molar-refractivity contribution is 5.99. The number of nitrogen functional groups attached to an aromatic ring is 1. The van der Waals surface area contributed by atoms with Crippen LogP contribution in [0.5, 0.6) is 5.75 Å². The smallest absolute Gasteiger partial charge is 0.344 e. The van der Waals surface area contributed by atoms with Crippen LogP contribution in [0, 0.1) is 0 Å². The predicted molar refractivity (Wildman–Crippen MR) is 71.9 cm³/mol. The van der Waals surface area contributed by atoms with Crippen LogP contribution >= 0.6 is 0 Å². The summed E-state index contributed by atoms with van der Waals surface area (Å²) in [5.41, 5.74) is 5.29. The van der Waals surface area contributed by atoms with Crippen molar-refractivity contribution in [2.24, 2.45) is 0 Å². The molecule has 19 heavy (non-hydrogen) atoms. The predicted octanol–water partition coefficient (Wildman–Crippen LogP) is 2.32. The minimum atomic E-state index is -0.671. The highest BCUT2D eigenvalue weighted by Gasteiger charge is 2.24. The van der Waals surface area contributed by atoms with Crippen LogP contribution in [0.15, 0.2) is 30.9 Å². The van der Waals surface area contributed by atoms with Gasteiger partial charge in [-0.3, -0.25) is 0 Å². The van der Waals surface area contributed by atoms with Gasteiger partial charge in [0.25, 0.3) is 0 Å². The molecular weight excluding hydrogens is 246 g/mol. The molecule has 0 aromatic heterocycles. The summed E-state index contributed by atoms with van der Waals surface area (Å²) in [6, 6.07) is 4.58. The normalized spacial score (nSPS) is 10.7. The largest absolute Gasteiger partial charge is 0.456 e. The van der Waals surface area contributed by atoms with Crippen molar-refractivity contribution >= 4 is 17.6 Å². The Labute approximate surface area is 112 Å². The van der Waals surface area contributed by atoms with Gasteiger partial charge in [-0.2, -0.15) is 0 Å². The van der Waals surface area contributed by atoms with Gasteiger partial charge in [0.05, 0.1) is 0 Å². The van der Waals surface area contributed by atoms with Crippen molar-refractivity contribution in [3.8, 4) is 5.75 Å². The van der Waals surface area contributed by atoms with Gasteiger partial charge >= 0.3 is 11.9 Å². The molecule has 1 rings (SSSR count). The molecule has 0 aliphatic carbocycles. The molecule has 0 bridgehead atoms. The maximum atomic E-state index is 12.1. The van der Waals surface area contributed by atoms with Crippen molar-refractivity contribution in [3.05, 3.63) is 36.4 Å². The van der Waals surface area contributed by atoms with Gasteiger partial charge in [-0.15, -0.1) is 0 Å². The lowest BCUT2D eigenvalue weighted by Gasteiger charge is -2.20. The number of anilines is 1. The van der Waals surface area contributed by atoms with E-state index in [4.69, 9.17) is 15.2 Å². The van der Waals surface area contributed by atoms with Crippen molar-refractivity contribution in [3.63, 3.8) is 0 Å². The van der Waals surface area contributed by atoms with Gasteiger partial charge in [0.1, 0.15) is 16.9 Å². The lowest BCUT2D eigenvalue weighted by molar-refractivity contribution is -0.128. The SMILES string of the molecule is C=CC(=O)Oc1cccc(N)c1C(=O)OC(C)(C)C. The van der Waals surface area contributed by atoms with Crippen molar-refractivity contribution < 1.29 is 19.1 Å². The highest BCUT2D eigenvalue weighted by atomic mass is 16.6. The first kappa shape index (κ1) is 14.8. The monoisotopic (exact) mass is 263 g/mol. The third-order valence-electron chi connectivity index (χ3n) is 2.04. The van der Waals surface area contributed by atoms with Crippen molar-refractivity contribution in [2.45, 2.75) is 26.4 Å². The average molecular weight is 263 g/mol. The van der Waals surface area contributed by atoms with Crippen molar-refractivity contribution in [2.75, 3.05) is 5.73 Å². The second kappa shape index (κ2) is 5.56. The molecular formula is C14H17NO4. The minimum absolute atomic E-state index is 0.0348. The lowest BCUT2D eigenvalue weighted by Crippen LogP contribution is -2.25. The van der Waals surface area contributed by atoms with E-state index in [2.05, 4.69) is 6.58 Å². The molecule has 0 saturated carbocycles. The van der Waals surface area contributed by atoms with E-state index < -0.39 is 17.5 Å². The number of ether oxygens (including phenoxy) is 2. The van der Waals surface area contributed by atoms with Gasteiger partial charge in [0, 0.05) is 11.8 Å². The molecule has 102 valence electrons. The van der Waals surface area contributed by atoms with Crippen LogP contribution in [-0.4, -0.2) is 17.5 Å². The summed E-state index contributed by atoms with van der Waals surface area (Å²) in [4.78, 5) is 23.3. The first-order valence-electron chi connectivity index (χ1n) is 5.70. The van der Waals surface area contributed by atoms with Gasteiger partial charge in [-0.25, -0.2) is 9.59 Å². The Morgan fingerprint density at radius 3 is 2.47 bits per heavy atom. The van der Waals surface area contributed by atoms with Crippen LogP contribution < -0.4 is 10.5 Å². The molecule has 5 heteroatoms. The fourth-order valence-corrected chi connectivity index (χ4v) is 1.33. The number of carbonyl (C=O) groups excluding carboxylic acids is 2. The molecule has 0 fully saturated rings.